The monoisotopic (exact) mass is 319 g/mol. The number of hydrogen-bond donors (Lipinski definition) is 2. The summed E-state index contributed by atoms with van der Waals surface area (Å²) in [5.41, 5.74) is -1.67. The summed E-state index contributed by atoms with van der Waals surface area (Å²) in [5.74, 6) is -0.783. The molecule has 3 saturated heterocycles. The van der Waals surface area contributed by atoms with Gasteiger partial charge in [0, 0.05) is 24.9 Å². The van der Waals surface area contributed by atoms with Crippen LogP contribution < -0.4 is 0 Å². The second-order valence-electron chi connectivity index (χ2n) is 6.75. The molecule has 4 rings (SSSR count). The number of esters is 1. The maximum Gasteiger partial charge on any atom is 0.345 e. The van der Waals surface area contributed by atoms with Gasteiger partial charge >= 0.3 is 5.97 Å². The van der Waals surface area contributed by atoms with Crippen molar-refractivity contribution in [2.45, 2.75) is 48.8 Å². The Morgan fingerprint density at radius 2 is 1.91 bits per heavy atom. The number of epoxide rings is 1. The maximum atomic E-state index is 12.5. The Bertz CT molecular complexity index is 590. The number of nitrogens with zero attached hydrogens (tertiary/aromatic N) is 1. The van der Waals surface area contributed by atoms with Crippen LogP contribution >= 0.6 is 0 Å². The van der Waals surface area contributed by atoms with Crippen molar-refractivity contribution in [2.24, 2.45) is 0 Å². The van der Waals surface area contributed by atoms with E-state index in [1.54, 1.807) is 30.3 Å². The summed E-state index contributed by atoms with van der Waals surface area (Å²) in [4.78, 5) is 14.8. The van der Waals surface area contributed by atoms with Crippen molar-refractivity contribution in [3.8, 4) is 0 Å². The molecule has 23 heavy (non-hydrogen) atoms. The topological polar surface area (TPSA) is 82.5 Å². The standard InChI is InChI=1S/C17H21NO5/c1-18-12-7-11(8-13(18)15-14(12)23-15)22-16(20)17(21,9-19)10-5-3-2-4-6-10/h2-6,11-15,19,21H,7-9H2,1H3/t11?,12?,13?,14-,15+,17?. The highest BCUT2D eigenvalue weighted by Gasteiger charge is 2.63. The predicted molar refractivity (Wildman–Crippen MR) is 80.5 cm³/mol. The third-order valence-corrected chi connectivity index (χ3v) is 5.47. The van der Waals surface area contributed by atoms with E-state index in [9.17, 15) is 15.0 Å². The van der Waals surface area contributed by atoms with Gasteiger partial charge in [-0.3, -0.25) is 4.90 Å². The molecule has 0 saturated carbocycles. The summed E-state index contributed by atoms with van der Waals surface area (Å²) in [6.45, 7) is -0.705. The first kappa shape index (κ1) is 15.1. The molecule has 4 unspecified atom stereocenters. The van der Waals surface area contributed by atoms with Gasteiger partial charge in [-0.05, 0) is 12.6 Å². The van der Waals surface area contributed by atoms with Gasteiger partial charge in [-0.25, -0.2) is 4.79 Å². The van der Waals surface area contributed by atoms with E-state index in [1.165, 1.54) is 0 Å². The highest BCUT2D eigenvalue weighted by Crippen LogP contribution is 2.48. The van der Waals surface area contributed by atoms with Gasteiger partial charge in [-0.1, -0.05) is 30.3 Å². The van der Waals surface area contributed by atoms with E-state index in [-0.39, 0.29) is 30.4 Å². The number of carbonyl (C=O) groups is 1. The summed E-state index contributed by atoms with van der Waals surface area (Å²) in [6.07, 6.45) is 1.69. The van der Waals surface area contributed by atoms with Crippen LogP contribution in [0, 0.1) is 0 Å². The third kappa shape index (κ3) is 2.29. The lowest BCUT2D eigenvalue weighted by molar-refractivity contribution is -0.181. The van der Waals surface area contributed by atoms with E-state index >= 15 is 0 Å². The zero-order chi connectivity index (χ0) is 16.2. The Hall–Kier alpha value is -1.47. The number of piperidine rings is 1. The Balaban J connectivity index is 1.47. The molecule has 1 aromatic carbocycles. The van der Waals surface area contributed by atoms with Gasteiger partial charge in [0.05, 0.1) is 6.61 Å². The third-order valence-electron chi connectivity index (χ3n) is 5.47. The molecule has 3 aliphatic rings. The molecule has 3 heterocycles. The number of likely N-dealkylation sites (N-methyl/N-ethyl adjacent to an activating group) is 1. The number of ether oxygens (including phenoxy) is 2. The van der Waals surface area contributed by atoms with Crippen LogP contribution in [0.25, 0.3) is 0 Å². The van der Waals surface area contributed by atoms with Gasteiger partial charge in [0.2, 0.25) is 5.60 Å². The van der Waals surface area contributed by atoms with Gasteiger partial charge < -0.3 is 19.7 Å². The first-order valence-electron chi connectivity index (χ1n) is 8.02. The average molecular weight is 319 g/mol. The summed E-state index contributed by atoms with van der Waals surface area (Å²) < 4.78 is 11.2. The zero-order valence-corrected chi connectivity index (χ0v) is 13.0. The van der Waals surface area contributed by atoms with Crippen molar-refractivity contribution >= 4 is 5.97 Å². The molecule has 6 nitrogen and oxygen atoms in total. The van der Waals surface area contributed by atoms with Crippen LogP contribution in [0.4, 0.5) is 0 Å². The molecule has 0 spiro atoms. The molecule has 1 aromatic rings. The molecule has 6 atom stereocenters. The smallest absolute Gasteiger partial charge is 0.345 e. The van der Waals surface area contributed by atoms with Crippen LogP contribution in [0.15, 0.2) is 30.3 Å². The molecule has 2 N–H and O–H groups in total. The normalized spacial score (nSPS) is 37.8. The molecule has 3 aliphatic heterocycles. The molecular weight excluding hydrogens is 298 g/mol. The fourth-order valence-corrected chi connectivity index (χ4v) is 4.03. The summed E-state index contributed by atoms with van der Waals surface area (Å²) >= 11 is 0. The Labute approximate surface area is 134 Å². The lowest BCUT2D eigenvalue weighted by Crippen LogP contribution is -2.50. The van der Waals surface area contributed by atoms with Gasteiger partial charge in [0.25, 0.3) is 0 Å². The summed E-state index contributed by atoms with van der Waals surface area (Å²) in [7, 11) is 2.08. The van der Waals surface area contributed by atoms with Crippen molar-refractivity contribution in [1.29, 1.82) is 0 Å². The Kier molecular flexibility index (Phi) is 3.46. The van der Waals surface area contributed by atoms with E-state index in [0.29, 0.717) is 18.4 Å². The van der Waals surface area contributed by atoms with Crippen molar-refractivity contribution in [2.75, 3.05) is 13.7 Å². The van der Waals surface area contributed by atoms with Crippen molar-refractivity contribution in [1.82, 2.24) is 4.90 Å². The number of aliphatic hydroxyl groups excluding tert-OH is 1. The minimum atomic E-state index is -2.01. The number of rotatable bonds is 4. The van der Waals surface area contributed by atoms with Gasteiger partial charge in [-0.2, -0.15) is 0 Å². The van der Waals surface area contributed by atoms with E-state index in [1.807, 2.05) is 0 Å². The van der Waals surface area contributed by atoms with Crippen LogP contribution in [0.3, 0.4) is 0 Å². The maximum absolute atomic E-state index is 12.5. The number of hydrogen-bond acceptors (Lipinski definition) is 6. The van der Waals surface area contributed by atoms with Crippen molar-refractivity contribution < 1.29 is 24.5 Å². The quantitative estimate of drug-likeness (QED) is 0.601. The first-order chi connectivity index (χ1) is 11.0. The van der Waals surface area contributed by atoms with Gasteiger partial charge in [0.15, 0.2) is 0 Å². The van der Waals surface area contributed by atoms with Gasteiger partial charge in [0.1, 0.15) is 18.3 Å². The molecule has 6 heteroatoms. The van der Waals surface area contributed by atoms with E-state index in [2.05, 4.69) is 11.9 Å². The number of aliphatic hydroxyl groups is 2. The fourth-order valence-electron chi connectivity index (χ4n) is 4.03. The number of morpholine rings is 1. The van der Waals surface area contributed by atoms with Crippen LogP contribution in [0.1, 0.15) is 18.4 Å². The summed E-state index contributed by atoms with van der Waals surface area (Å²) in [5, 5.41) is 20.2. The van der Waals surface area contributed by atoms with E-state index in [0.717, 1.165) is 0 Å². The second kappa shape index (κ2) is 5.27. The largest absolute Gasteiger partial charge is 0.460 e. The molecule has 0 radical (unpaired) electrons. The van der Waals surface area contributed by atoms with Crippen LogP contribution in [0.5, 0.6) is 0 Å². The van der Waals surface area contributed by atoms with E-state index in [4.69, 9.17) is 9.47 Å². The van der Waals surface area contributed by atoms with Crippen LogP contribution in [-0.4, -0.2) is 65.1 Å². The van der Waals surface area contributed by atoms with Crippen LogP contribution in [-0.2, 0) is 19.9 Å². The lowest BCUT2D eigenvalue weighted by atomic mass is 9.94. The zero-order valence-electron chi connectivity index (χ0n) is 13.0. The molecule has 2 bridgehead atoms. The van der Waals surface area contributed by atoms with Crippen LogP contribution in [0.2, 0.25) is 0 Å². The van der Waals surface area contributed by atoms with Crippen molar-refractivity contribution in [3.63, 3.8) is 0 Å². The Morgan fingerprint density at radius 1 is 1.30 bits per heavy atom. The minimum absolute atomic E-state index is 0.244. The molecule has 3 fully saturated rings. The molecule has 0 aromatic heterocycles. The fraction of sp³-hybridized carbons (Fsp3) is 0.588. The number of carbonyl (C=O) groups excluding carboxylic acids is 1. The highest BCUT2D eigenvalue weighted by molar-refractivity contribution is 5.81. The Morgan fingerprint density at radius 3 is 2.48 bits per heavy atom. The average Bonchev–Trinajstić information content (AvgIpc) is 3.33. The SMILES string of the molecule is CN1C2CC(OC(=O)C(O)(CO)c3ccccc3)CC1[C@@H]1O[C@H]21. The second-order valence-corrected chi connectivity index (χ2v) is 6.75. The summed E-state index contributed by atoms with van der Waals surface area (Å²) in [6, 6.07) is 8.98. The van der Waals surface area contributed by atoms with Crippen molar-refractivity contribution in [3.05, 3.63) is 35.9 Å². The molecule has 0 aliphatic carbocycles. The lowest BCUT2D eigenvalue weighted by Gasteiger charge is -2.38. The predicted octanol–water partition coefficient (Wildman–Crippen LogP) is 0.0221. The number of fused-ring (bicyclic) bond motifs is 5. The number of benzene rings is 1. The molecule has 0 amide bonds. The first-order valence-corrected chi connectivity index (χ1v) is 8.02. The molecule has 124 valence electrons. The van der Waals surface area contributed by atoms with Gasteiger partial charge in [-0.15, -0.1) is 0 Å². The van der Waals surface area contributed by atoms with E-state index < -0.39 is 18.2 Å². The highest BCUT2D eigenvalue weighted by atomic mass is 16.6. The minimum Gasteiger partial charge on any atom is -0.460 e. The molecular formula is C17H21NO5.